The number of anilines is 1. The zero-order chi connectivity index (χ0) is 23.0. The molecular formula is C28H24N4O. The van der Waals surface area contributed by atoms with Crippen molar-refractivity contribution < 1.29 is 4.79 Å². The summed E-state index contributed by atoms with van der Waals surface area (Å²) in [5, 5.41) is 17.3. The third-order valence-corrected chi connectivity index (χ3v) is 5.31. The minimum absolute atomic E-state index is 0.0195. The lowest BCUT2D eigenvalue weighted by atomic mass is 10.1. The summed E-state index contributed by atoms with van der Waals surface area (Å²) in [5.74, 6) is -0.448. The van der Waals surface area contributed by atoms with E-state index < -0.39 is 5.91 Å². The molecule has 0 unspecified atom stereocenters. The molecule has 1 N–H and O–H groups in total. The van der Waals surface area contributed by atoms with Gasteiger partial charge in [-0.2, -0.15) is 10.4 Å². The molecule has 5 heteroatoms. The first-order valence-electron chi connectivity index (χ1n) is 10.8. The summed E-state index contributed by atoms with van der Waals surface area (Å²) in [6, 6.07) is 29.5. The number of benzene rings is 3. The molecular weight excluding hydrogens is 408 g/mol. The molecule has 0 aliphatic heterocycles. The number of carbonyl (C=O) groups is 1. The minimum Gasteiger partial charge on any atom is -0.321 e. The van der Waals surface area contributed by atoms with Crippen LogP contribution >= 0.6 is 0 Å². The van der Waals surface area contributed by atoms with E-state index in [0.29, 0.717) is 17.8 Å². The van der Waals surface area contributed by atoms with Crippen LogP contribution in [0.4, 0.5) is 5.69 Å². The molecule has 162 valence electrons. The van der Waals surface area contributed by atoms with Gasteiger partial charge in [0.1, 0.15) is 11.6 Å². The van der Waals surface area contributed by atoms with Crippen molar-refractivity contribution in [2.45, 2.75) is 19.9 Å². The van der Waals surface area contributed by atoms with Crippen molar-refractivity contribution in [3.05, 3.63) is 113 Å². The van der Waals surface area contributed by atoms with Crippen molar-refractivity contribution in [3.63, 3.8) is 0 Å². The molecule has 3 aromatic carbocycles. The van der Waals surface area contributed by atoms with Gasteiger partial charge in [0.2, 0.25) is 0 Å². The van der Waals surface area contributed by atoms with E-state index in [1.165, 1.54) is 5.56 Å². The summed E-state index contributed by atoms with van der Waals surface area (Å²) in [4.78, 5) is 12.8. The van der Waals surface area contributed by atoms with E-state index in [2.05, 4.69) is 12.2 Å². The van der Waals surface area contributed by atoms with Crippen LogP contribution in [0, 0.1) is 11.3 Å². The quantitative estimate of drug-likeness (QED) is 0.300. The van der Waals surface area contributed by atoms with Crippen LogP contribution in [0.1, 0.15) is 23.6 Å². The number of nitrogens with zero attached hydrogens (tertiary/aromatic N) is 3. The maximum atomic E-state index is 12.8. The minimum atomic E-state index is -0.448. The van der Waals surface area contributed by atoms with Crippen molar-refractivity contribution in [3.8, 4) is 17.3 Å². The number of aromatic nitrogens is 2. The molecule has 33 heavy (non-hydrogen) atoms. The van der Waals surface area contributed by atoms with Gasteiger partial charge in [0.15, 0.2) is 0 Å². The molecule has 0 aliphatic carbocycles. The Labute approximate surface area is 193 Å². The number of hydrogen-bond acceptors (Lipinski definition) is 3. The van der Waals surface area contributed by atoms with Gasteiger partial charge in [-0.3, -0.25) is 9.48 Å². The molecule has 1 amide bonds. The Morgan fingerprint density at radius 1 is 0.970 bits per heavy atom. The Kier molecular flexibility index (Phi) is 6.77. The molecule has 0 radical (unpaired) electrons. The summed E-state index contributed by atoms with van der Waals surface area (Å²) >= 11 is 0. The highest BCUT2D eigenvalue weighted by Gasteiger charge is 2.15. The zero-order valence-electron chi connectivity index (χ0n) is 18.4. The number of nitrogens with one attached hydrogen (secondary N) is 1. The average Bonchev–Trinajstić information content (AvgIpc) is 3.26. The van der Waals surface area contributed by atoms with Gasteiger partial charge in [0, 0.05) is 23.0 Å². The van der Waals surface area contributed by atoms with Gasteiger partial charge in [-0.05, 0) is 35.8 Å². The van der Waals surface area contributed by atoms with Crippen LogP contribution in [0.25, 0.3) is 17.3 Å². The average molecular weight is 433 g/mol. The van der Waals surface area contributed by atoms with Crippen LogP contribution < -0.4 is 5.32 Å². The highest BCUT2D eigenvalue weighted by atomic mass is 16.1. The first-order chi connectivity index (χ1) is 16.2. The normalized spacial score (nSPS) is 11.1. The second-order valence-electron chi connectivity index (χ2n) is 7.66. The molecule has 0 bridgehead atoms. The standard InChI is InChI=1S/C28H24N4O/c1-2-21-13-15-26(16-14-21)30-28(33)24(18-29)17-25-20-32(19-22-9-5-3-6-10-22)31-27(25)23-11-7-4-8-12-23/h3-17,20H,2,19H2,1H3,(H,30,33)/b24-17+. The van der Waals surface area contributed by atoms with Crippen LogP contribution in [-0.4, -0.2) is 15.7 Å². The SMILES string of the molecule is CCc1ccc(NC(=O)/C(C#N)=C/c2cn(Cc3ccccc3)nc2-c2ccccc2)cc1. The number of aryl methyl sites for hydroxylation is 1. The Balaban J connectivity index is 1.65. The molecule has 4 aromatic rings. The smallest absolute Gasteiger partial charge is 0.266 e. The van der Waals surface area contributed by atoms with E-state index in [9.17, 15) is 10.1 Å². The molecule has 1 aromatic heterocycles. The Morgan fingerprint density at radius 2 is 1.64 bits per heavy atom. The van der Waals surface area contributed by atoms with E-state index in [-0.39, 0.29) is 5.57 Å². The van der Waals surface area contributed by atoms with Crippen molar-refractivity contribution >= 4 is 17.7 Å². The highest BCUT2D eigenvalue weighted by Crippen LogP contribution is 2.25. The van der Waals surface area contributed by atoms with Gasteiger partial charge >= 0.3 is 0 Å². The van der Waals surface area contributed by atoms with E-state index >= 15 is 0 Å². The number of rotatable bonds is 7. The van der Waals surface area contributed by atoms with E-state index in [0.717, 1.165) is 23.2 Å². The van der Waals surface area contributed by atoms with Gasteiger partial charge < -0.3 is 5.32 Å². The molecule has 4 rings (SSSR count). The van der Waals surface area contributed by atoms with Crippen LogP contribution in [0.3, 0.4) is 0 Å². The lowest BCUT2D eigenvalue weighted by molar-refractivity contribution is -0.112. The first kappa shape index (κ1) is 21.8. The second-order valence-corrected chi connectivity index (χ2v) is 7.66. The highest BCUT2D eigenvalue weighted by molar-refractivity contribution is 6.10. The lowest BCUT2D eigenvalue weighted by Gasteiger charge is -2.05. The number of carbonyl (C=O) groups excluding carboxylic acids is 1. The topological polar surface area (TPSA) is 70.7 Å². The third-order valence-electron chi connectivity index (χ3n) is 5.31. The molecule has 0 fully saturated rings. The molecule has 0 atom stereocenters. The van der Waals surface area contributed by atoms with Gasteiger partial charge in [-0.1, -0.05) is 79.7 Å². The fourth-order valence-corrected chi connectivity index (χ4v) is 3.54. The Bertz CT molecular complexity index is 1300. The monoisotopic (exact) mass is 432 g/mol. The van der Waals surface area contributed by atoms with Gasteiger partial charge in [-0.15, -0.1) is 0 Å². The Morgan fingerprint density at radius 3 is 2.27 bits per heavy atom. The maximum absolute atomic E-state index is 12.8. The lowest BCUT2D eigenvalue weighted by Crippen LogP contribution is -2.13. The molecule has 0 aliphatic rings. The number of nitriles is 1. The molecule has 0 saturated carbocycles. The van der Waals surface area contributed by atoms with Crippen molar-refractivity contribution in [2.75, 3.05) is 5.32 Å². The second kappa shape index (κ2) is 10.3. The molecule has 1 heterocycles. The summed E-state index contributed by atoms with van der Waals surface area (Å²) in [7, 11) is 0. The van der Waals surface area contributed by atoms with Crippen LogP contribution in [0.5, 0.6) is 0 Å². The van der Waals surface area contributed by atoms with Gasteiger partial charge in [-0.25, -0.2) is 0 Å². The van der Waals surface area contributed by atoms with Crippen LogP contribution in [0.15, 0.2) is 96.7 Å². The van der Waals surface area contributed by atoms with Crippen molar-refractivity contribution in [2.24, 2.45) is 0 Å². The van der Waals surface area contributed by atoms with Crippen molar-refractivity contribution in [1.29, 1.82) is 5.26 Å². The van der Waals surface area contributed by atoms with Crippen molar-refractivity contribution in [1.82, 2.24) is 9.78 Å². The third kappa shape index (κ3) is 5.44. The number of amides is 1. The fourth-order valence-electron chi connectivity index (χ4n) is 3.54. The predicted octanol–water partition coefficient (Wildman–Crippen LogP) is 5.71. The summed E-state index contributed by atoms with van der Waals surface area (Å²) in [6.45, 7) is 2.67. The number of hydrogen-bond donors (Lipinski definition) is 1. The summed E-state index contributed by atoms with van der Waals surface area (Å²) in [6.07, 6.45) is 4.40. The summed E-state index contributed by atoms with van der Waals surface area (Å²) in [5.41, 5.74) is 5.33. The van der Waals surface area contributed by atoms with Gasteiger partial charge in [0.25, 0.3) is 5.91 Å². The maximum Gasteiger partial charge on any atom is 0.266 e. The molecule has 0 saturated heterocycles. The molecule has 5 nitrogen and oxygen atoms in total. The largest absolute Gasteiger partial charge is 0.321 e. The van der Waals surface area contributed by atoms with Gasteiger partial charge in [0.05, 0.1) is 12.2 Å². The van der Waals surface area contributed by atoms with Crippen LogP contribution in [-0.2, 0) is 17.8 Å². The first-order valence-corrected chi connectivity index (χ1v) is 10.8. The zero-order valence-corrected chi connectivity index (χ0v) is 18.4. The predicted molar refractivity (Wildman–Crippen MR) is 131 cm³/mol. The Hall–Kier alpha value is -4.43. The van der Waals surface area contributed by atoms with E-state index in [1.807, 2.05) is 102 Å². The van der Waals surface area contributed by atoms with E-state index in [4.69, 9.17) is 5.10 Å². The van der Waals surface area contributed by atoms with E-state index in [1.54, 1.807) is 6.08 Å². The fraction of sp³-hybridized carbons (Fsp3) is 0.107. The van der Waals surface area contributed by atoms with Crippen LogP contribution in [0.2, 0.25) is 0 Å². The summed E-state index contributed by atoms with van der Waals surface area (Å²) < 4.78 is 1.83. The molecule has 0 spiro atoms.